The van der Waals surface area contributed by atoms with Crippen LogP contribution in [0.5, 0.6) is 11.5 Å². The Hall–Kier alpha value is -1.55. The number of hydrogen-bond acceptors (Lipinski definition) is 4. The molecule has 0 amide bonds. The number of rotatable bonds is 5. The molecular weight excluding hydrogens is 232 g/mol. The smallest absolute Gasteiger partial charge is 0.161 e. The van der Waals surface area contributed by atoms with Crippen molar-refractivity contribution in [3.05, 3.63) is 23.8 Å². The molecule has 0 aromatic heterocycles. The van der Waals surface area contributed by atoms with E-state index in [4.69, 9.17) is 14.2 Å². The standard InChI is InChI=1S/C14H18O4/c1-10(15)7-11-3-4-13(14(8-11)16-2)18-12-5-6-17-9-12/h3-4,8,12H,5-7,9H2,1-2H3. The third-order valence-electron chi connectivity index (χ3n) is 2.86. The molecular formula is C14H18O4. The van der Waals surface area contributed by atoms with E-state index < -0.39 is 0 Å². The van der Waals surface area contributed by atoms with E-state index in [9.17, 15) is 4.79 Å². The van der Waals surface area contributed by atoms with Gasteiger partial charge in [0.25, 0.3) is 0 Å². The molecule has 4 heteroatoms. The van der Waals surface area contributed by atoms with Crippen LogP contribution >= 0.6 is 0 Å². The van der Waals surface area contributed by atoms with E-state index in [1.807, 2.05) is 18.2 Å². The highest BCUT2D eigenvalue weighted by Gasteiger charge is 2.19. The summed E-state index contributed by atoms with van der Waals surface area (Å²) in [7, 11) is 1.60. The van der Waals surface area contributed by atoms with Crippen LogP contribution < -0.4 is 9.47 Å². The molecule has 0 bridgehead atoms. The van der Waals surface area contributed by atoms with Crippen molar-refractivity contribution in [2.45, 2.75) is 25.9 Å². The Balaban J connectivity index is 2.11. The summed E-state index contributed by atoms with van der Waals surface area (Å²) >= 11 is 0. The lowest BCUT2D eigenvalue weighted by Crippen LogP contribution is -2.16. The zero-order chi connectivity index (χ0) is 13.0. The van der Waals surface area contributed by atoms with Crippen molar-refractivity contribution < 1.29 is 19.0 Å². The molecule has 0 spiro atoms. The summed E-state index contributed by atoms with van der Waals surface area (Å²) in [5, 5.41) is 0. The van der Waals surface area contributed by atoms with E-state index in [1.54, 1.807) is 14.0 Å². The number of Topliss-reactive ketones (excluding diaryl/α,β-unsaturated/α-hetero) is 1. The molecule has 1 unspecified atom stereocenters. The predicted molar refractivity (Wildman–Crippen MR) is 67.2 cm³/mol. The second-order valence-corrected chi connectivity index (χ2v) is 4.47. The van der Waals surface area contributed by atoms with Crippen LogP contribution in [0.3, 0.4) is 0 Å². The maximum atomic E-state index is 11.1. The Morgan fingerprint density at radius 1 is 1.44 bits per heavy atom. The van der Waals surface area contributed by atoms with Crippen LogP contribution in [0.25, 0.3) is 0 Å². The largest absolute Gasteiger partial charge is 0.493 e. The lowest BCUT2D eigenvalue weighted by molar-refractivity contribution is -0.116. The minimum atomic E-state index is 0.0950. The molecule has 1 saturated heterocycles. The molecule has 1 aromatic carbocycles. The number of hydrogen-bond donors (Lipinski definition) is 0. The minimum Gasteiger partial charge on any atom is -0.493 e. The summed E-state index contributed by atoms with van der Waals surface area (Å²) in [4.78, 5) is 11.1. The Morgan fingerprint density at radius 2 is 2.28 bits per heavy atom. The van der Waals surface area contributed by atoms with E-state index in [0.29, 0.717) is 24.5 Å². The first kappa shape index (κ1) is 12.9. The molecule has 0 aliphatic carbocycles. The second kappa shape index (κ2) is 5.87. The number of ether oxygens (including phenoxy) is 3. The summed E-state index contributed by atoms with van der Waals surface area (Å²) in [6, 6.07) is 5.61. The summed E-state index contributed by atoms with van der Waals surface area (Å²) < 4.78 is 16.4. The van der Waals surface area contributed by atoms with Gasteiger partial charge in [-0.25, -0.2) is 0 Å². The number of ketones is 1. The summed E-state index contributed by atoms with van der Waals surface area (Å²) in [6.45, 7) is 2.94. The van der Waals surface area contributed by atoms with Crippen LogP contribution in [0, 0.1) is 0 Å². The average molecular weight is 250 g/mol. The maximum Gasteiger partial charge on any atom is 0.161 e. The van der Waals surface area contributed by atoms with Gasteiger partial charge in [0.1, 0.15) is 11.9 Å². The fourth-order valence-corrected chi connectivity index (χ4v) is 1.99. The quantitative estimate of drug-likeness (QED) is 0.801. The summed E-state index contributed by atoms with van der Waals surface area (Å²) in [5.74, 6) is 1.51. The highest BCUT2D eigenvalue weighted by atomic mass is 16.6. The van der Waals surface area contributed by atoms with Gasteiger partial charge in [0.05, 0.1) is 20.3 Å². The Labute approximate surface area is 107 Å². The Kier molecular flexibility index (Phi) is 4.20. The number of benzene rings is 1. The van der Waals surface area contributed by atoms with Crippen molar-refractivity contribution in [3.8, 4) is 11.5 Å². The van der Waals surface area contributed by atoms with Crippen molar-refractivity contribution in [3.63, 3.8) is 0 Å². The van der Waals surface area contributed by atoms with E-state index in [1.165, 1.54) is 0 Å². The molecule has 1 aliphatic heterocycles. The maximum absolute atomic E-state index is 11.1. The normalized spacial score (nSPS) is 18.7. The van der Waals surface area contributed by atoms with Crippen molar-refractivity contribution >= 4 is 5.78 Å². The minimum absolute atomic E-state index is 0.0950. The fraction of sp³-hybridized carbons (Fsp3) is 0.500. The first-order valence-corrected chi connectivity index (χ1v) is 6.10. The molecule has 4 nitrogen and oxygen atoms in total. The molecule has 1 heterocycles. The van der Waals surface area contributed by atoms with Gasteiger partial charge in [-0.05, 0) is 24.6 Å². The highest BCUT2D eigenvalue weighted by Crippen LogP contribution is 2.30. The van der Waals surface area contributed by atoms with Gasteiger partial charge in [-0.3, -0.25) is 4.79 Å². The Morgan fingerprint density at radius 3 is 2.89 bits per heavy atom. The second-order valence-electron chi connectivity index (χ2n) is 4.47. The first-order chi connectivity index (χ1) is 8.69. The molecule has 1 aliphatic rings. The fourth-order valence-electron chi connectivity index (χ4n) is 1.99. The third kappa shape index (κ3) is 3.23. The van der Waals surface area contributed by atoms with Gasteiger partial charge >= 0.3 is 0 Å². The molecule has 2 rings (SSSR count). The van der Waals surface area contributed by atoms with E-state index >= 15 is 0 Å². The molecule has 1 atom stereocenters. The molecule has 0 saturated carbocycles. The van der Waals surface area contributed by atoms with Crippen molar-refractivity contribution in [2.75, 3.05) is 20.3 Å². The van der Waals surface area contributed by atoms with E-state index in [2.05, 4.69) is 0 Å². The SMILES string of the molecule is COc1cc(CC(C)=O)ccc1OC1CCOC1. The third-order valence-corrected chi connectivity index (χ3v) is 2.86. The average Bonchev–Trinajstić information content (AvgIpc) is 2.83. The van der Waals surface area contributed by atoms with Crippen molar-refractivity contribution in [2.24, 2.45) is 0 Å². The van der Waals surface area contributed by atoms with Gasteiger partial charge in [0, 0.05) is 12.8 Å². The van der Waals surface area contributed by atoms with Gasteiger partial charge in [0.15, 0.2) is 11.5 Å². The van der Waals surface area contributed by atoms with Crippen LogP contribution in [-0.2, 0) is 16.0 Å². The van der Waals surface area contributed by atoms with Gasteiger partial charge in [-0.15, -0.1) is 0 Å². The number of methoxy groups -OCH3 is 1. The zero-order valence-electron chi connectivity index (χ0n) is 10.8. The monoisotopic (exact) mass is 250 g/mol. The lowest BCUT2D eigenvalue weighted by Gasteiger charge is -2.15. The predicted octanol–water partition coefficient (Wildman–Crippen LogP) is 1.99. The van der Waals surface area contributed by atoms with Gasteiger partial charge in [-0.1, -0.05) is 6.07 Å². The molecule has 1 aromatic rings. The van der Waals surface area contributed by atoms with Crippen molar-refractivity contribution in [1.82, 2.24) is 0 Å². The highest BCUT2D eigenvalue weighted by molar-refractivity contribution is 5.78. The van der Waals surface area contributed by atoms with Crippen LogP contribution in [0.2, 0.25) is 0 Å². The van der Waals surface area contributed by atoms with Crippen molar-refractivity contribution in [1.29, 1.82) is 0 Å². The lowest BCUT2D eigenvalue weighted by atomic mass is 10.1. The van der Waals surface area contributed by atoms with Crippen LogP contribution in [0.1, 0.15) is 18.9 Å². The molecule has 98 valence electrons. The van der Waals surface area contributed by atoms with E-state index in [0.717, 1.165) is 18.6 Å². The van der Waals surface area contributed by atoms with Crippen LogP contribution in [0.15, 0.2) is 18.2 Å². The molecule has 0 N–H and O–H groups in total. The summed E-state index contributed by atoms with van der Waals surface area (Å²) in [5.41, 5.74) is 0.939. The van der Waals surface area contributed by atoms with Crippen LogP contribution in [0.4, 0.5) is 0 Å². The number of carbonyl (C=O) groups is 1. The van der Waals surface area contributed by atoms with Gasteiger partial charge in [0.2, 0.25) is 0 Å². The zero-order valence-corrected chi connectivity index (χ0v) is 10.8. The van der Waals surface area contributed by atoms with Gasteiger partial charge in [-0.2, -0.15) is 0 Å². The molecule has 0 radical (unpaired) electrons. The first-order valence-electron chi connectivity index (χ1n) is 6.10. The summed E-state index contributed by atoms with van der Waals surface area (Å²) in [6.07, 6.45) is 1.42. The Bertz CT molecular complexity index is 422. The van der Waals surface area contributed by atoms with Gasteiger partial charge < -0.3 is 14.2 Å². The number of carbonyl (C=O) groups excluding carboxylic acids is 1. The molecule has 18 heavy (non-hydrogen) atoms. The molecule has 1 fully saturated rings. The van der Waals surface area contributed by atoms with Crippen LogP contribution in [-0.4, -0.2) is 32.2 Å². The topological polar surface area (TPSA) is 44.8 Å². The van der Waals surface area contributed by atoms with E-state index in [-0.39, 0.29) is 11.9 Å².